The first-order valence-corrected chi connectivity index (χ1v) is 10.6. The molecule has 1 fully saturated rings. The Hall–Kier alpha value is -3.11. The van der Waals surface area contributed by atoms with E-state index in [1.165, 1.54) is 16.7 Å². The van der Waals surface area contributed by atoms with E-state index in [9.17, 15) is 4.79 Å². The van der Waals surface area contributed by atoms with Crippen molar-refractivity contribution in [2.24, 2.45) is 0 Å². The van der Waals surface area contributed by atoms with Gasteiger partial charge in [0.1, 0.15) is 0 Å². The smallest absolute Gasteiger partial charge is 0.317 e. The molecule has 2 aliphatic heterocycles. The third-order valence-corrected chi connectivity index (χ3v) is 6.40. The SMILES string of the molecule is O=C(NCc1ccccc1-c1ccccc1)N1CCC2(CC1)OCc1ccccc12. The number of ether oxygens (including phenoxy) is 1. The van der Waals surface area contributed by atoms with E-state index in [1.54, 1.807) is 0 Å². The topological polar surface area (TPSA) is 41.6 Å². The third-order valence-electron chi connectivity index (χ3n) is 6.40. The van der Waals surface area contributed by atoms with Gasteiger partial charge >= 0.3 is 6.03 Å². The van der Waals surface area contributed by atoms with E-state index in [0.29, 0.717) is 26.2 Å². The Bertz CT molecular complexity index is 1040. The van der Waals surface area contributed by atoms with Crippen molar-refractivity contribution < 1.29 is 9.53 Å². The van der Waals surface area contributed by atoms with E-state index in [1.807, 2.05) is 35.2 Å². The summed E-state index contributed by atoms with van der Waals surface area (Å²) in [5, 5.41) is 3.12. The minimum absolute atomic E-state index is 0.000929. The number of amides is 2. The molecule has 0 aromatic heterocycles. The molecule has 2 aliphatic rings. The lowest BCUT2D eigenvalue weighted by Gasteiger charge is -2.39. The van der Waals surface area contributed by atoms with E-state index < -0.39 is 0 Å². The minimum Gasteiger partial charge on any atom is -0.365 e. The molecular weight excluding hydrogens is 372 g/mol. The highest BCUT2D eigenvalue weighted by molar-refractivity contribution is 5.75. The van der Waals surface area contributed by atoms with Crippen molar-refractivity contribution in [1.82, 2.24) is 10.2 Å². The lowest BCUT2D eigenvalue weighted by atomic mass is 9.84. The molecule has 30 heavy (non-hydrogen) atoms. The zero-order valence-electron chi connectivity index (χ0n) is 17.0. The molecule has 152 valence electrons. The van der Waals surface area contributed by atoms with Gasteiger partial charge in [-0.25, -0.2) is 4.79 Å². The molecule has 1 N–H and O–H groups in total. The summed E-state index contributed by atoms with van der Waals surface area (Å²) in [4.78, 5) is 14.8. The molecular formula is C26H26N2O2. The Labute approximate surface area is 177 Å². The predicted molar refractivity (Wildman–Crippen MR) is 118 cm³/mol. The Morgan fingerprint density at radius 2 is 1.60 bits per heavy atom. The standard InChI is InChI=1S/C26H26N2O2/c29-25(27-18-21-10-4-6-12-23(21)20-8-2-1-3-9-20)28-16-14-26(15-17-28)24-13-7-5-11-22(24)19-30-26/h1-13H,14-19H2,(H,27,29). The van der Waals surface area contributed by atoms with Gasteiger partial charge in [0.2, 0.25) is 0 Å². The number of piperidine rings is 1. The van der Waals surface area contributed by atoms with Gasteiger partial charge < -0.3 is 15.0 Å². The summed E-state index contributed by atoms with van der Waals surface area (Å²) in [5.74, 6) is 0. The van der Waals surface area contributed by atoms with Crippen LogP contribution in [0, 0.1) is 0 Å². The van der Waals surface area contributed by atoms with Crippen molar-refractivity contribution in [3.8, 4) is 11.1 Å². The largest absolute Gasteiger partial charge is 0.365 e. The first-order chi connectivity index (χ1) is 14.8. The van der Waals surface area contributed by atoms with Crippen LogP contribution in [0.4, 0.5) is 4.79 Å². The number of carbonyl (C=O) groups excluding carboxylic acids is 1. The number of likely N-dealkylation sites (tertiary alicyclic amines) is 1. The van der Waals surface area contributed by atoms with Crippen LogP contribution in [0.3, 0.4) is 0 Å². The lowest BCUT2D eigenvalue weighted by Crippen LogP contribution is -2.48. The molecule has 0 unspecified atom stereocenters. The van der Waals surface area contributed by atoms with Gasteiger partial charge in [0.15, 0.2) is 0 Å². The van der Waals surface area contributed by atoms with Gasteiger partial charge in [0, 0.05) is 19.6 Å². The van der Waals surface area contributed by atoms with Crippen LogP contribution in [0.25, 0.3) is 11.1 Å². The van der Waals surface area contributed by atoms with E-state index in [0.717, 1.165) is 24.0 Å². The quantitative estimate of drug-likeness (QED) is 0.668. The van der Waals surface area contributed by atoms with Crippen molar-refractivity contribution in [3.05, 3.63) is 95.6 Å². The molecule has 4 heteroatoms. The molecule has 0 aliphatic carbocycles. The second kappa shape index (κ2) is 7.96. The summed E-state index contributed by atoms with van der Waals surface area (Å²) in [6.45, 7) is 2.62. The minimum atomic E-state index is -0.215. The number of rotatable bonds is 3. The fourth-order valence-corrected chi connectivity index (χ4v) is 4.73. The zero-order valence-corrected chi connectivity index (χ0v) is 17.0. The van der Waals surface area contributed by atoms with Gasteiger partial charge in [-0.1, -0.05) is 78.9 Å². The van der Waals surface area contributed by atoms with Crippen molar-refractivity contribution in [2.45, 2.75) is 31.6 Å². The number of fused-ring (bicyclic) bond motifs is 2. The normalized spacial score (nSPS) is 17.0. The van der Waals surface area contributed by atoms with E-state index >= 15 is 0 Å². The Balaban J connectivity index is 1.22. The molecule has 1 spiro atoms. The Kier molecular flexibility index (Phi) is 5.01. The van der Waals surface area contributed by atoms with Gasteiger partial charge in [-0.05, 0) is 40.7 Å². The first kappa shape index (κ1) is 18.9. The van der Waals surface area contributed by atoms with Crippen molar-refractivity contribution in [3.63, 3.8) is 0 Å². The van der Waals surface area contributed by atoms with Crippen molar-refractivity contribution in [1.29, 1.82) is 0 Å². The molecule has 0 saturated carbocycles. The summed E-state index contributed by atoms with van der Waals surface area (Å²) < 4.78 is 6.22. The predicted octanol–water partition coefficient (Wildman–Crippen LogP) is 5.08. The average Bonchev–Trinajstić information content (AvgIpc) is 3.17. The molecule has 5 rings (SSSR count). The summed E-state index contributed by atoms with van der Waals surface area (Å²) in [5.41, 5.74) is 5.83. The Morgan fingerprint density at radius 1 is 0.900 bits per heavy atom. The number of benzene rings is 3. The fraction of sp³-hybridized carbons (Fsp3) is 0.269. The maximum Gasteiger partial charge on any atom is 0.317 e. The van der Waals surface area contributed by atoms with Crippen LogP contribution in [-0.2, 0) is 23.5 Å². The summed E-state index contributed by atoms with van der Waals surface area (Å²) in [7, 11) is 0. The lowest BCUT2D eigenvalue weighted by molar-refractivity contribution is -0.0728. The van der Waals surface area contributed by atoms with Gasteiger partial charge in [-0.2, -0.15) is 0 Å². The summed E-state index contributed by atoms with van der Waals surface area (Å²) in [6, 6.07) is 27.0. The monoisotopic (exact) mass is 398 g/mol. The van der Waals surface area contributed by atoms with Gasteiger partial charge in [-0.3, -0.25) is 0 Å². The molecule has 2 amide bonds. The number of urea groups is 1. The second-order valence-corrected chi connectivity index (χ2v) is 8.11. The Morgan fingerprint density at radius 3 is 2.43 bits per heavy atom. The third kappa shape index (κ3) is 3.48. The van der Waals surface area contributed by atoms with Crippen molar-refractivity contribution in [2.75, 3.05) is 13.1 Å². The summed E-state index contributed by atoms with van der Waals surface area (Å²) >= 11 is 0. The average molecular weight is 399 g/mol. The number of nitrogens with zero attached hydrogens (tertiary/aromatic N) is 1. The maximum absolute atomic E-state index is 12.8. The zero-order chi connectivity index (χ0) is 20.4. The van der Waals surface area contributed by atoms with Crippen LogP contribution in [0.2, 0.25) is 0 Å². The van der Waals surface area contributed by atoms with Gasteiger partial charge in [0.05, 0.1) is 12.2 Å². The molecule has 0 bridgehead atoms. The number of carbonyl (C=O) groups is 1. The van der Waals surface area contributed by atoms with Crippen LogP contribution >= 0.6 is 0 Å². The summed E-state index contributed by atoms with van der Waals surface area (Å²) in [6.07, 6.45) is 1.69. The number of hydrogen-bond acceptors (Lipinski definition) is 2. The van der Waals surface area contributed by atoms with Crippen LogP contribution < -0.4 is 5.32 Å². The van der Waals surface area contributed by atoms with E-state index in [2.05, 4.69) is 53.8 Å². The van der Waals surface area contributed by atoms with Crippen LogP contribution in [0.1, 0.15) is 29.5 Å². The number of hydrogen-bond donors (Lipinski definition) is 1. The molecule has 3 aromatic carbocycles. The van der Waals surface area contributed by atoms with Crippen LogP contribution in [0.15, 0.2) is 78.9 Å². The van der Waals surface area contributed by atoms with Crippen LogP contribution in [0.5, 0.6) is 0 Å². The van der Waals surface area contributed by atoms with Crippen molar-refractivity contribution >= 4 is 6.03 Å². The molecule has 1 saturated heterocycles. The van der Waals surface area contributed by atoms with Crippen LogP contribution in [-0.4, -0.2) is 24.0 Å². The van der Waals surface area contributed by atoms with Gasteiger partial charge in [-0.15, -0.1) is 0 Å². The van der Waals surface area contributed by atoms with Gasteiger partial charge in [0.25, 0.3) is 0 Å². The second-order valence-electron chi connectivity index (χ2n) is 8.11. The first-order valence-electron chi connectivity index (χ1n) is 10.6. The molecule has 0 radical (unpaired) electrons. The molecule has 0 atom stereocenters. The number of nitrogens with one attached hydrogen (secondary N) is 1. The fourth-order valence-electron chi connectivity index (χ4n) is 4.73. The van der Waals surface area contributed by atoms with E-state index in [-0.39, 0.29) is 11.6 Å². The maximum atomic E-state index is 12.8. The highest BCUT2D eigenvalue weighted by Gasteiger charge is 2.43. The molecule has 2 heterocycles. The molecule has 4 nitrogen and oxygen atoms in total. The highest BCUT2D eigenvalue weighted by Crippen LogP contribution is 2.43. The highest BCUT2D eigenvalue weighted by atomic mass is 16.5. The van der Waals surface area contributed by atoms with E-state index in [4.69, 9.17) is 4.74 Å². The molecule has 3 aromatic rings.